The first-order valence-electron chi connectivity index (χ1n) is 5.91. The van der Waals surface area contributed by atoms with Crippen molar-refractivity contribution in [2.24, 2.45) is 0 Å². The Morgan fingerprint density at radius 3 is 2.94 bits per heavy atom. The Hall–Kier alpha value is -1.06. The van der Waals surface area contributed by atoms with E-state index in [0.717, 1.165) is 31.6 Å². The van der Waals surface area contributed by atoms with Crippen LogP contribution in [-0.4, -0.2) is 29.7 Å². The van der Waals surface area contributed by atoms with Crippen LogP contribution in [-0.2, 0) is 13.0 Å². The number of nitrogen functional groups attached to an aromatic ring is 1. The molecule has 0 bridgehead atoms. The van der Waals surface area contributed by atoms with Gasteiger partial charge in [-0.1, -0.05) is 0 Å². The van der Waals surface area contributed by atoms with Gasteiger partial charge in [-0.2, -0.15) is 0 Å². The van der Waals surface area contributed by atoms with Crippen molar-refractivity contribution in [3.63, 3.8) is 0 Å². The number of nitrogens with two attached hydrogens (primary N) is 1. The summed E-state index contributed by atoms with van der Waals surface area (Å²) in [6.45, 7) is 2.04. The minimum atomic E-state index is -0.196. The molecule has 2 unspecified atom stereocenters. The van der Waals surface area contributed by atoms with E-state index in [9.17, 15) is 5.11 Å². The summed E-state index contributed by atoms with van der Waals surface area (Å²) in [5, 5.41) is 9.89. The van der Waals surface area contributed by atoms with Gasteiger partial charge in [0, 0.05) is 18.8 Å². The summed E-state index contributed by atoms with van der Waals surface area (Å²) in [5.41, 5.74) is 10.9. The van der Waals surface area contributed by atoms with Crippen LogP contribution >= 0.6 is 0 Å². The van der Waals surface area contributed by atoms with Crippen molar-refractivity contribution < 1.29 is 5.11 Å². The van der Waals surface area contributed by atoms with Crippen molar-refractivity contribution in [3.05, 3.63) is 28.8 Å². The fraction of sp³-hybridized carbons (Fsp3) is 0.538. The highest BCUT2D eigenvalue weighted by Gasteiger charge is 2.32. The number of aliphatic hydroxyl groups is 1. The first-order chi connectivity index (χ1) is 7.63. The van der Waals surface area contributed by atoms with E-state index < -0.39 is 0 Å². The summed E-state index contributed by atoms with van der Waals surface area (Å²) in [5.74, 6) is 0.494. The Balaban J connectivity index is 2.15. The Kier molecular flexibility index (Phi) is 2.19. The summed E-state index contributed by atoms with van der Waals surface area (Å²) in [7, 11) is 2.13. The largest absolute Gasteiger partial charge is 0.399 e. The summed E-state index contributed by atoms with van der Waals surface area (Å²) >= 11 is 0. The van der Waals surface area contributed by atoms with Crippen LogP contribution in [0.2, 0.25) is 0 Å². The molecule has 3 rings (SSSR count). The second kappa shape index (κ2) is 3.47. The van der Waals surface area contributed by atoms with Crippen molar-refractivity contribution >= 4 is 5.69 Å². The number of benzene rings is 1. The summed E-state index contributed by atoms with van der Waals surface area (Å²) in [4.78, 5) is 2.31. The van der Waals surface area contributed by atoms with E-state index in [4.69, 9.17) is 5.73 Å². The van der Waals surface area contributed by atoms with Gasteiger partial charge in [-0.3, -0.25) is 0 Å². The van der Waals surface area contributed by atoms with E-state index in [1.165, 1.54) is 16.7 Å². The Morgan fingerprint density at radius 1 is 1.38 bits per heavy atom. The zero-order valence-electron chi connectivity index (χ0n) is 9.61. The molecule has 2 aliphatic rings. The molecule has 3 heteroatoms. The molecular formula is C13H18N2O. The van der Waals surface area contributed by atoms with Gasteiger partial charge in [-0.05, 0) is 54.6 Å². The van der Waals surface area contributed by atoms with Crippen molar-refractivity contribution in [1.29, 1.82) is 0 Å². The van der Waals surface area contributed by atoms with Gasteiger partial charge in [0.05, 0.1) is 6.10 Å². The van der Waals surface area contributed by atoms with E-state index in [1.54, 1.807) is 0 Å². The third-order valence-corrected chi connectivity index (χ3v) is 3.77. The smallest absolute Gasteiger partial charge is 0.0587 e. The monoisotopic (exact) mass is 218 g/mol. The van der Waals surface area contributed by atoms with E-state index >= 15 is 0 Å². The van der Waals surface area contributed by atoms with Crippen LogP contribution in [0.5, 0.6) is 0 Å². The molecule has 0 saturated carbocycles. The van der Waals surface area contributed by atoms with Crippen LogP contribution in [0.15, 0.2) is 12.1 Å². The third-order valence-electron chi connectivity index (χ3n) is 3.77. The fourth-order valence-electron chi connectivity index (χ4n) is 3.31. The van der Waals surface area contributed by atoms with Crippen LogP contribution in [0.1, 0.15) is 29.0 Å². The zero-order valence-corrected chi connectivity index (χ0v) is 9.61. The molecule has 0 fully saturated rings. The predicted molar refractivity (Wildman–Crippen MR) is 64.3 cm³/mol. The lowest BCUT2D eigenvalue weighted by molar-refractivity contribution is 0.130. The minimum absolute atomic E-state index is 0.196. The molecule has 0 saturated heterocycles. The average Bonchev–Trinajstić information content (AvgIpc) is 2.14. The number of rotatable bonds is 0. The summed E-state index contributed by atoms with van der Waals surface area (Å²) in [6, 6.07) is 4.14. The third kappa shape index (κ3) is 1.51. The van der Waals surface area contributed by atoms with Gasteiger partial charge in [0.25, 0.3) is 0 Å². The maximum absolute atomic E-state index is 9.89. The highest BCUT2D eigenvalue weighted by molar-refractivity contribution is 5.53. The topological polar surface area (TPSA) is 49.5 Å². The van der Waals surface area contributed by atoms with Crippen LogP contribution in [0.25, 0.3) is 0 Å². The van der Waals surface area contributed by atoms with Crippen LogP contribution in [0.4, 0.5) is 5.69 Å². The number of hydrogen-bond donors (Lipinski definition) is 2. The first-order valence-corrected chi connectivity index (χ1v) is 5.91. The van der Waals surface area contributed by atoms with Crippen LogP contribution in [0, 0.1) is 0 Å². The van der Waals surface area contributed by atoms with Crippen molar-refractivity contribution in [2.45, 2.75) is 31.4 Å². The van der Waals surface area contributed by atoms with Crippen molar-refractivity contribution in [3.8, 4) is 0 Å². The lowest BCUT2D eigenvalue weighted by Crippen LogP contribution is -2.36. The first kappa shape index (κ1) is 10.1. The number of nitrogens with zero attached hydrogens (tertiary/aromatic N) is 1. The lowest BCUT2D eigenvalue weighted by atomic mass is 9.76. The molecule has 1 aromatic carbocycles. The number of likely N-dealkylation sites (N-methyl/N-ethyl adjacent to an activating group) is 1. The van der Waals surface area contributed by atoms with Gasteiger partial charge in [0.2, 0.25) is 0 Å². The van der Waals surface area contributed by atoms with Gasteiger partial charge in [0.1, 0.15) is 0 Å². The van der Waals surface area contributed by atoms with E-state index in [2.05, 4.69) is 18.0 Å². The molecule has 1 aliphatic heterocycles. The summed E-state index contributed by atoms with van der Waals surface area (Å²) < 4.78 is 0. The van der Waals surface area contributed by atoms with E-state index in [0.29, 0.717) is 5.92 Å². The molecule has 16 heavy (non-hydrogen) atoms. The average molecular weight is 218 g/mol. The van der Waals surface area contributed by atoms with E-state index in [1.807, 2.05) is 6.07 Å². The molecule has 3 N–H and O–H groups in total. The Bertz CT molecular complexity index is 395. The molecule has 0 amide bonds. The van der Waals surface area contributed by atoms with Gasteiger partial charge in [0.15, 0.2) is 0 Å². The number of aliphatic hydroxyl groups excluding tert-OH is 1. The number of hydrogen-bond acceptors (Lipinski definition) is 3. The van der Waals surface area contributed by atoms with Crippen molar-refractivity contribution in [2.75, 3.05) is 19.3 Å². The standard InChI is InChI=1S/C13H18N2O/c1-15-6-9-3-11(14)2-8-4-12(16)5-10(7-15)13(8)9/h2-3,10,12,16H,4-7,14H2,1H3. The zero-order chi connectivity index (χ0) is 11.3. The highest BCUT2D eigenvalue weighted by atomic mass is 16.3. The van der Waals surface area contributed by atoms with Gasteiger partial charge in [-0.15, -0.1) is 0 Å². The van der Waals surface area contributed by atoms with Crippen molar-refractivity contribution in [1.82, 2.24) is 4.90 Å². The fourth-order valence-corrected chi connectivity index (χ4v) is 3.31. The van der Waals surface area contributed by atoms with Gasteiger partial charge < -0.3 is 15.7 Å². The SMILES string of the molecule is CN1Cc2cc(N)cc3c2C(CC(O)C3)C1. The molecule has 3 nitrogen and oxygen atoms in total. The maximum Gasteiger partial charge on any atom is 0.0587 e. The van der Waals surface area contributed by atoms with Gasteiger partial charge >= 0.3 is 0 Å². The second-order valence-electron chi connectivity index (χ2n) is 5.24. The summed E-state index contributed by atoms with van der Waals surface area (Å²) in [6.07, 6.45) is 1.47. The minimum Gasteiger partial charge on any atom is -0.399 e. The van der Waals surface area contributed by atoms with Gasteiger partial charge in [-0.25, -0.2) is 0 Å². The molecule has 0 aromatic heterocycles. The van der Waals surface area contributed by atoms with E-state index in [-0.39, 0.29) is 6.10 Å². The molecule has 86 valence electrons. The number of anilines is 1. The lowest BCUT2D eigenvalue weighted by Gasteiger charge is -2.38. The Morgan fingerprint density at radius 2 is 2.12 bits per heavy atom. The quantitative estimate of drug-likeness (QED) is 0.641. The predicted octanol–water partition coefficient (Wildman–Crippen LogP) is 1.10. The molecule has 1 aliphatic carbocycles. The molecule has 1 heterocycles. The maximum atomic E-state index is 9.89. The van der Waals surface area contributed by atoms with Crippen LogP contribution in [0.3, 0.4) is 0 Å². The second-order valence-corrected chi connectivity index (χ2v) is 5.24. The molecule has 0 radical (unpaired) electrons. The molecular weight excluding hydrogens is 200 g/mol. The highest BCUT2D eigenvalue weighted by Crippen LogP contribution is 2.39. The molecule has 1 aromatic rings. The molecule has 0 spiro atoms. The van der Waals surface area contributed by atoms with Crippen LogP contribution < -0.4 is 5.73 Å². The molecule has 2 atom stereocenters. The Labute approximate surface area is 95.9 Å². The normalized spacial score (nSPS) is 28.9.